The van der Waals surface area contributed by atoms with Crippen molar-refractivity contribution in [1.82, 2.24) is 19.6 Å². The zero-order valence-corrected chi connectivity index (χ0v) is 15.1. The van der Waals surface area contributed by atoms with Crippen molar-refractivity contribution >= 4 is 11.7 Å². The molecule has 1 amide bonds. The van der Waals surface area contributed by atoms with E-state index in [4.69, 9.17) is 0 Å². The Morgan fingerprint density at radius 1 is 1.12 bits per heavy atom. The average molecular weight is 349 g/mol. The maximum Gasteiger partial charge on any atom is 0.256 e. The molecule has 1 saturated carbocycles. The van der Waals surface area contributed by atoms with Crippen LogP contribution in [0.5, 0.6) is 0 Å². The van der Waals surface area contributed by atoms with E-state index < -0.39 is 0 Å². The Morgan fingerprint density at radius 3 is 2.50 bits per heavy atom. The van der Waals surface area contributed by atoms with E-state index in [1.807, 2.05) is 59.6 Å². The Balaban J connectivity index is 1.51. The summed E-state index contributed by atoms with van der Waals surface area (Å²) in [6.07, 6.45) is 6.46. The molecule has 0 atom stereocenters. The lowest BCUT2D eigenvalue weighted by atomic mass is 10.2. The van der Waals surface area contributed by atoms with Gasteiger partial charge in [-0.25, -0.2) is 9.36 Å². The fraction of sp³-hybridized carbons (Fsp3) is 0.350. The molecule has 1 aromatic carbocycles. The summed E-state index contributed by atoms with van der Waals surface area (Å²) in [4.78, 5) is 12.6. The predicted octanol–water partition coefficient (Wildman–Crippen LogP) is 4.05. The van der Waals surface area contributed by atoms with Crippen molar-refractivity contribution in [1.29, 1.82) is 0 Å². The van der Waals surface area contributed by atoms with E-state index in [0.29, 0.717) is 11.6 Å². The Kier molecular flexibility index (Phi) is 4.32. The standard InChI is InChI=1S/C20H23N5O/c1-14-13-15(2)24(23-14)18-9-7-16(8-10-18)20(26)22-19-11-12-21-25(19)17-5-3-4-6-17/h7-13,17H,3-6H2,1-2H3,(H,22,26). The fourth-order valence-electron chi connectivity index (χ4n) is 3.69. The Bertz CT molecular complexity index is 916. The second-order valence-electron chi connectivity index (χ2n) is 6.94. The summed E-state index contributed by atoms with van der Waals surface area (Å²) in [5, 5.41) is 11.9. The van der Waals surface area contributed by atoms with Crippen molar-refractivity contribution in [2.75, 3.05) is 5.32 Å². The van der Waals surface area contributed by atoms with Gasteiger partial charge in [-0.15, -0.1) is 0 Å². The largest absolute Gasteiger partial charge is 0.307 e. The number of hydrogen-bond donors (Lipinski definition) is 1. The molecule has 0 radical (unpaired) electrons. The highest BCUT2D eigenvalue weighted by molar-refractivity contribution is 6.03. The van der Waals surface area contributed by atoms with Crippen molar-refractivity contribution in [2.45, 2.75) is 45.6 Å². The van der Waals surface area contributed by atoms with Crippen LogP contribution in [0.3, 0.4) is 0 Å². The minimum absolute atomic E-state index is 0.121. The van der Waals surface area contributed by atoms with Gasteiger partial charge in [0.1, 0.15) is 5.82 Å². The lowest BCUT2D eigenvalue weighted by molar-refractivity contribution is 0.102. The highest BCUT2D eigenvalue weighted by Gasteiger charge is 2.20. The highest BCUT2D eigenvalue weighted by Crippen LogP contribution is 2.31. The zero-order valence-electron chi connectivity index (χ0n) is 15.1. The van der Waals surface area contributed by atoms with Crippen molar-refractivity contribution in [3.05, 3.63) is 59.5 Å². The van der Waals surface area contributed by atoms with E-state index in [1.165, 1.54) is 12.8 Å². The van der Waals surface area contributed by atoms with Gasteiger partial charge < -0.3 is 5.32 Å². The van der Waals surface area contributed by atoms with E-state index in [0.717, 1.165) is 35.7 Å². The topological polar surface area (TPSA) is 64.7 Å². The third kappa shape index (κ3) is 3.14. The van der Waals surface area contributed by atoms with Gasteiger partial charge in [0.15, 0.2) is 0 Å². The molecule has 0 unspecified atom stereocenters. The summed E-state index contributed by atoms with van der Waals surface area (Å²) >= 11 is 0. The second kappa shape index (κ2) is 6.78. The molecule has 1 aliphatic rings. The molecule has 2 heterocycles. The van der Waals surface area contributed by atoms with Crippen LogP contribution in [-0.4, -0.2) is 25.5 Å². The third-order valence-corrected chi connectivity index (χ3v) is 4.97. The summed E-state index contributed by atoms with van der Waals surface area (Å²) in [5.41, 5.74) is 3.61. The van der Waals surface area contributed by atoms with Gasteiger partial charge in [-0.05, 0) is 57.0 Å². The van der Waals surface area contributed by atoms with Crippen LogP contribution in [0.15, 0.2) is 42.6 Å². The summed E-state index contributed by atoms with van der Waals surface area (Å²) in [5.74, 6) is 0.647. The molecular weight excluding hydrogens is 326 g/mol. The number of rotatable bonds is 4. The fourth-order valence-corrected chi connectivity index (χ4v) is 3.69. The van der Waals surface area contributed by atoms with Crippen LogP contribution in [-0.2, 0) is 0 Å². The molecule has 4 rings (SSSR count). The highest BCUT2D eigenvalue weighted by atomic mass is 16.1. The van der Waals surface area contributed by atoms with Crippen LogP contribution in [0, 0.1) is 13.8 Å². The van der Waals surface area contributed by atoms with Crippen LogP contribution in [0.25, 0.3) is 5.69 Å². The molecule has 1 N–H and O–H groups in total. The van der Waals surface area contributed by atoms with Gasteiger partial charge in [0.25, 0.3) is 5.91 Å². The van der Waals surface area contributed by atoms with E-state index in [-0.39, 0.29) is 5.91 Å². The number of benzene rings is 1. The molecule has 1 fully saturated rings. The Labute approximate surface area is 152 Å². The van der Waals surface area contributed by atoms with E-state index in [1.54, 1.807) is 6.20 Å². The number of amides is 1. The van der Waals surface area contributed by atoms with Crippen molar-refractivity contribution < 1.29 is 4.79 Å². The van der Waals surface area contributed by atoms with Gasteiger partial charge in [-0.2, -0.15) is 10.2 Å². The number of nitrogens with zero attached hydrogens (tertiary/aromatic N) is 4. The first-order chi connectivity index (χ1) is 12.6. The molecule has 2 aromatic heterocycles. The number of hydrogen-bond acceptors (Lipinski definition) is 3. The predicted molar refractivity (Wildman–Crippen MR) is 101 cm³/mol. The summed E-state index contributed by atoms with van der Waals surface area (Å²) < 4.78 is 3.83. The van der Waals surface area contributed by atoms with Crippen molar-refractivity contribution in [2.24, 2.45) is 0 Å². The van der Waals surface area contributed by atoms with Crippen LogP contribution < -0.4 is 5.32 Å². The number of carbonyl (C=O) groups excluding carboxylic acids is 1. The monoisotopic (exact) mass is 349 g/mol. The quantitative estimate of drug-likeness (QED) is 0.773. The molecule has 1 aliphatic carbocycles. The summed E-state index contributed by atoms with van der Waals surface area (Å²) in [6, 6.07) is 11.8. The van der Waals surface area contributed by atoms with Gasteiger partial charge in [-0.3, -0.25) is 4.79 Å². The normalized spacial score (nSPS) is 14.7. The lowest BCUT2D eigenvalue weighted by Crippen LogP contribution is -2.17. The number of aryl methyl sites for hydroxylation is 2. The van der Waals surface area contributed by atoms with E-state index >= 15 is 0 Å². The Morgan fingerprint density at radius 2 is 1.85 bits per heavy atom. The van der Waals surface area contributed by atoms with Crippen LogP contribution in [0.1, 0.15) is 53.5 Å². The average Bonchev–Trinajstić information content (AvgIpc) is 3.36. The molecule has 6 heteroatoms. The van der Waals surface area contributed by atoms with E-state index in [2.05, 4.69) is 15.5 Å². The first-order valence-corrected chi connectivity index (χ1v) is 9.10. The number of carbonyl (C=O) groups is 1. The lowest BCUT2D eigenvalue weighted by Gasteiger charge is -2.14. The van der Waals surface area contributed by atoms with Crippen molar-refractivity contribution in [3.8, 4) is 5.69 Å². The molecule has 6 nitrogen and oxygen atoms in total. The maximum absolute atomic E-state index is 12.6. The second-order valence-corrected chi connectivity index (χ2v) is 6.94. The third-order valence-electron chi connectivity index (χ3n) is 4.97. The maximum atomic E-state index is 12.6. The number of anilines is 1. The molecule has 134 valence electrons. The molecule has 0 bridgehead atoms. The van der Waals surface area contributed by atoms with Gasteiger partial charge in [-0.1, -0.05) is 12.8 Å². The molecular formula is C20H23N5O. The van der Waals surface area contributed by atoms with Crippen molar-refractivity contribution in [3.63, 3.8) is 0 Å². The minimum atomic E-state index is -0.121. The van der Waals surface area contributed by atoms with E-state index in [9.17, 15) is 4.79 Å². The number of aromatic nitrogens is 4. The van der Waals surface area contributed by atoms with Gasteiger partial charge in [0, 0.05) is 17.3 Å². The first-order valence-electron chi connectivity index (χ1n) is 9.10. The zero-order chi connectivity index (χ0) is 18.1. The van der Waals surface area contributed by atoms with Crippen LogP contribution in [0.2, 0.25) is 0 Å². The molecule has 0 aliphatic heterocycles. The first kappa shape index (κ1) is 16.6. The Hall–Kier alpha value is -2.89. The summed E-state index contributed by atoms with van der Waals surface area (Å²) in [7, 11) is 0. The minimum Gasteiger partial charge on any atom is -0.307 e. The smallest absolute Gasteiger partial charge is 0.256 e. The van der Waals surface area contributed by atoms with Gasteiger partial charge in [0.2, 0.25) is 0 Å². The van der Waals surface area contributed by atoms with Crippen LogP contribution in [0.4, 0.5) is 5.82 Å². The molecule has 0 saturated heterocycles. The van der Waals surface area contributed by atoms with Crippen LogP contribution >= 0.6 is 0 Å². The van der Waals surface area contributed by atoms with Gasteiger partial charge in [0.05, 0.1) is 23.6 Å². The SMILES string of the molecule is Cc1cc(C)n(-c2ccc(C(=O)Nc3ccnn3C3CCCC3)cc2)n1. The van der Waals surface area contributed by atoms with Gasteiger partial charge >= 0.3 is 0 Å². The molecule has 26 heavy (non-hydrogen) atoms. The summed E-state index contributed by atoms with van der Waals surface area (Å²) in [6.45, 7) is 3.99. The molecule has 3 aromatic rings. The number of nitrogens with one attached hydrogen (secondary N) is 1. The molecule has 0 spiro atoms.